The molecule has 1 amide bonds. The maximum Gasteiger partial charge on any atom is 0.242 e. The molecule has 0 aliphatic rings. The summed E-state index contributed by atoms with van der Waals surface area (Å²) in [5, 5.41) is 5.75. The number of likely N-dealkylation sites (N-methyl/N-ethyl adjacent to an activating group) is 1. The summed E-state index contributed by atoms with van der Waals surface area (Å²) in [5.41, 5.74) is 0.948. The lowest BCUT2D eigenvalue weighted by molar-refractivity contribution is -0.117. The van der Waals surface area contributed by atoms with Crippen molar-refractivity contribution < 1.29 is 9.53 Å². The summed E-state index contributed by atoms with van der Waals surface area (Å²) >= 11 is 1.50. The van der Waals surface area contributed by atoms with Gasteiger partial charge in [0.25, 0.3) is 0 Å². The molecule has 1 N–H and O–H groups in total. The summed E-state index contributed by atoms with van der Waals surface area (Å²) in [6.07, 6.45) is 0. The van der Waals surface area contributed by atoms with Gasteiger partial charge in [0.05, 0.1) is 18.8 Å². The number of methoxy groups -OCH3 is 1. The second-order valence-electron chi connectivity index (χ2n) is 3.58. The van der Waals surface area contributed by atoms with Crippen LogP contribution in [-0.4, -0.2) is 44.2 Å². The van der Waals surface area contributed by atoms with Crippen molar-refractivity contribution in [3.8, 4) is 0 Å². The second-order valence-corrected chi connectivity index (χ2v) is 4.42. The van der Waals surface area contributed by atoms with Crippen molar-refractivity contribution in [1.82, 2.24) is 10.3 Å². The minimum absolute atomic E-state index is 0. The topological polar surface area (TPSA) is 54.5 Å². The number of nitrogens with zero attached hydrogens (tertiary/aromatic N) is 2. The van der Waals surface area contributed by atoms with Crippen molar-refractivity contribution >= 4 is 34.8 Å². The van der Waals surface area contributed by atoms with Gasteiger partial charge in [0, 0.05) is 25.6 Å². The Balaban J connectivity index is 0.00000289. The van der Waals surface area contributed by atoms with Gasteiger partial charge < -0.3 is 10.1 Å². The van der Waals surface area contributed by atoms with Gasteiger partial charge >= 0.3 is 0 Å². The van der Waals surface area contributed by atoms with Gasteiger partial charge in [-0.3, -0.25) is 9.69 Å². The predicted molar refractivity (Wildman–Crippen MR) is 76.9 cm³/mol. The van der Waals surface area contributed by atoms with Gasteiger partial charge in [-0.2, -0.15) is 0 Å². The van der Waals surface area contributed by atoms with E-state index in [0.717, 1.165) is 10.8 Å². The standard InChI is InChI=1S/C11H19N3O2S.ClH/c1-4-14(11-13-9(2)8-17-11)10(15)7-12-5-6-16-3;/h8,12H,4-7H2,1-3H3;1H. The average Bonchev–Trinajstić information content (AvgIpc) is 2.72. The number of ether oxygens (including phenoxy) is 1. The third-order valence-electron chi connectivity index (χ3n) is 2.21. The van der Waals surface area contributed by atoms with Crippen LogP contribution in [0.3, 0.4) is 0 Å². The van der Waals surface area contributed by atoms with E-state index < -0.39 is 0 Å². The summed E-state index contributed by atoms with van der Waals surface area (Å²) in [5.74, 6) is 0.0398. The number of hydrogen-bond donors (Lipinski definition) is 1. The zero-order valence-electron chi connectivity index (χ0n) is 10.9. The number of halogens is 1. The summed E-state index contributed by atoms with van der Waals surface area (Å²) in [4.78, 5) is 17.9. The van der Waals surface area contributed by atoms with Crippen LogP contribution < -0.4 is 10.2 Å². The highest BCUT2D eigenvalue weighted by molar-refractivity contribution is 7.14. The van der Waals surface area contributed by atoms with Crippen molar-refractivity contribution in [2.45, 2.75) is 13.8 Å². The molecule has 0 aromatic carbocycles. The Morgan fingerprint density at radius 2 is 2.33 bits per heavy atom. The quantitative estimate of drug-likeness (QED) is 0.774. The first-order chi connectivity index (χ1) is 8.19. The van der Waals surface area contributed by atoms with E-state index in [2.05, 4.69) is 10.3 Å². The molecule has 1 aromatic rings. The number of hydrogen-bond acceptors (Lipinski definition) is 5. The fourth-order valence-electron chi connectivity index (χ4n) is 1.35. The highest BCUT2D eigenvalue weighted by atomic mass is 35.5. The molecule has 0 aliphatic carbocycles. The highest BCUT2D eigenvalue weighted by Crippen LogP contribution is 2.19. The predicted octanol–water partition coefficient (Wildman–Crippen LogP) is 1.46. The van der Waals surface area contributed by atoms with Crippen LogP contribution in [0.2, 0.25) is 0 Å². The van der Waals surface area contributed by atoms with Gasteiger partial charge in [0.15, 0.2) is 5.13 Å². The van der Waals surface area contributed by atoms with Crippen LogP contribution in [0.25, 0.3) is 0 Å². The molecule has 0 saturated carbocycles. The Hall–Kier alpha value is -0.690. The van der Waals surface area contributed by atoms with E-state index in [4.69, 9.17) is 4.74 Å². The van der Waals surface area contributed by atoms with Gasteiger partial charge in [0.1, 0.15) is 0 Å². The van der Waals surface area contributed by atoms with E-state index in [-0.39, 0.29) is 18.3 Å². The molecule has 0 atom stereocenters. The number of carbonyl (C=O) groups is 1. The number of aromatic nitrogens is 1. The lowest BCUT2D eigenvalue weighted by atomic mass is 10.4. The maximum absolute atomic E-state index is 11.9. The van der Waals surface area contributed by atoms with Gasteiger partial charge in [-0.15, -0.1) is 23.7 Å². The van der Waals surface area contributed by atoms with E-state index in [0.29, 0.717) is 26.2 Å². The van der Waals surface area contributed by atoms with Crippen molar-refractivity contribution in [1.29, 1.82) is 0 Å². The summed E-state index contributed by atoms with van der Waals surface area (Å²) in [6, 6.07) is 0. The first-order valence-electron chi connectivity index (χ1n) is 5.61. The Bertz CT molecular complexity index is 360. The van der Waals surface area contributed by atoms with Crippen molar-refractivity contribution in [2.75, 3.05) is 38.3 Å². The van der Waals surface area contributed by atoms with E-state index in [1.165, 1.54) is 11.3 Å². The number of aryl methyl sites for hydroxylation is 1. The summed E-state index contributed by atoms with van der Waals surface area (Å²) in [6.45, 7) is 6.11. The third kappa shape index (κ3) is 5.30. The van der Waals surface area contributed by atoms with E-state index in [9.17, 15) is 4.79 Å². The van der Waals surface area contributed by atoms with E-state index in [1.54, 1.807) is 12.0 Å². The molecule has 0 bridgehead atoms. The first kappa shape index (κ1) is 17.3. The minimum atomic E-state index is 0. The SMILES string of the molecule is CCN(C(=O)CNCCOC)c1nc(C)cs1.Cl. The summed E-state index contributed by atoms with van der Waals surface area (Å²) < 4.78 is 4.90. The molecule has 1 aromatic heterocycles. The molecule has 0 spiro atoms. The van der Waals surface area contributed by atoms with Crippen LogP contribution in [0, 0.1) is 6.92 Å². The van der Waals surface area contributed by atoms with Gasteiger partial charge in [-0.25, -0.2) is 4.98 Å². The van der Waals surface area contributed by atoms with Crippen molar-refractivity contribution in [3.05, 3.63) is 11.1 Å². The largest absolute Gasteiger partial charge is 0.383 e. The molecule has 1 rings (SSSR count). The zero-order chi connectivity index (χ0) is 12.7. The first-order valence-corrected chi connectivity index (χ1v) is 6.49. The molecule has 5 nitrogen and oxygen atoms in total. The Morgan fingerprint density at radius 1 is 1.61 bits per heavy atom. The number of anilines is 1. The monoisotopic (exact) mass is 293 g/mol. The Kier molecular flexibility index (Phi) is 8.91. The lowest BCUT2D eigenvalue weighted by Gasteiger charge is -2.17. The fourth-order valence-corrected chi connectivity index (χ4v) is 2.23. The van der Waals surface area contributed by atoms with Gasteiger partial charge in [-0.05, 0) is 13.8 Å². The Labute approximate surface area is 118 Å². The second kappa shape index (κ2) is 9.27. The molecule has 1 heterocycles. The molecular formula is C11H20ClN3O2S. The van der Waals surface area contributed by atoms with Crippen molar-refractivity contribution in [3.63, 3.8) is 0 Å². The molecular weight excluding hydrogens is 274 g/mol. The fraction of sp³-hybridized carbons (Fsp3) is 0.636. The van der Waals surface area contributed by atoms with Crippen LogP contribution in [0.15, 0.2) is 5.38 Å². The molecule has 0 fully saturated rings. The van der Waals surface area contributed by atoms with Crippen LogP contribution in [0.4, 0.5) is 5.13 Å². The van der Waals surface area contributed by atoms with Crippen LogP contribution in [0.5, 0.6) is 0 Å². The van der Waals surface area contributed by atoms with Crippen LogP contribution in [0.1, 0.15) is 12.6 Å². The number of thiazole rings is 1. The molecule has 7 heteroatoms. The van der Waals surface area contributed by atoms with Gasteiger partial charge in [-0.1, -0.05) is 0 Å². The highest BCUT2D eigenvalue weighted by Gasteiger charge is 2.15. The number of amides is 1. The molecule has 104 valence electrons. The number of nitrogens with one attached hydrogen (secondary N) is 1. The third-order valence-corrected chi connectivity index (χ3v) is 3.20. The minimum Gasteiger partial charge on any atom is -0.383 e. The number of carbonyl (C=O) groups excluding carboxylic acids is 1. The van der Waals surface area contributed by atoms with E-state index in [1.807, 2.05) is 19.2 Å². The molecule has 0 aliphatic heterocycles. The van der Waals surface area contributed by atoms with Crippen LogP contribution >= 0.6 is 23.7 Å². The molecule has 0 radical (unpaired) electrons. The van der Waals surface area contributed by atoms with Crippen molar-refractivity contribution in [2.24, 2.45) is 0 Å². The average molecular weight is 294 g/mol. The molecule has 0 unspecified atom stereocenters. The Morgan fingerprint density at radius 3 is 2.83 bits per heavy atom. The smallest absolute Gasteiger partial charge is 0.242 e. The molecule has 0 saturated heterocycles. The summed E-state index contributed by atoms with van der Waals surface area (Å²) in [7, 11) is 1.64. The maximum atomic E-state index is 11.9. The lowest BCUT2D eigenvalue weighted by Crippen LogP contribution is -2.39. The zero-order valence-corrected chi connectivity index (χ0v) is 12.6. The normalized spacial score (nSPS) is 9.94. The van der Waals surface area contributed by atoms with Crippen LogP contribution in [-0.2, 0) is 9.53 Å². The van der Waals surface area contributed by atoms with E-state index >= 15 is 0 Å². The molecule has 18 heavy (non-hydrogen) atoms. The number of rotatable bonds is 7. The van der Waals surface area contributed by atoms with Gasteiger partial charge in [0.2, 0.25) is 5.91 Å².